The van der Waals surface area contributed by atoms with Crippen LogP contribution in [0.1, 0.15) is 13.8 Å². The van der Waals surface area contributed by atoms with Gasteiger partial charge in [0.25, 0.3) is 0 Å². The number of rotatable bonds is 5. The number of carbonyl (C=O) groups is 2. The third-order valence-corrected chi connectivity index (χ3v) is 1.56. The third-order valence-electron chi connectivity index (χ3n) is 1.56. The van der Waals surface area contributed by atoms with E-state index in [1.165, 1.54) is 0 Å². The highest BCUT2D eigenvalue weighted by atomic mass is 16.2. The zero-order chi connectivity index (χ0) is 11.1. The van der Waals surface area contributed by atoms with Gasteiger partial charge in [-0.25, -0.2) is 0 Å². The highest BCUT2D eigenvalue weighted by molar-refractivity contribution is 5.81. The lowest BCUT2D eigenvalue weighted by atomic mass is 10.4. The maximum atomic E-state index is 11.2. The molecule has 0 fully saturated rings. The summed E-state index contributed by atoms with van der Waals surface area (Å²) >= 11 is 0. The second-order valence-electron chi connectivity index (χ2n) is 3.57. The zero-order valence-corrected chi connectivity index (χ0v) is 9.26. The summed E-state index contributed by atoms with van der Waals surface area (Å²) in [6.07, 6.45) is 0. The summed E-state index contributed by atoms with van der Waals surface area (Å²) in [6, 6.07) is 0.135. The Morgan fingerprint density at radius 2 is 1.71 bits per heavy atom. The van der Waals surface area contributed by atoms with Crippen LogP contribution in [-0.4, -0.2) is 49.9 Å². The molecule has 14 heavy (non-hydrogen) atoms. The van der Waals surface area contributed by atoms with Crippen molar-refractivity contribution in [1.82, 2.24) is 15.5 Å². The number of likely N-dealkylation sites (N-methyl/N-ethyl adjacent to an activating group) is 2. The van der Waals surface area contributed by atoms with E-state index in [1.807, 2.05) is 13.8 Å². The van der Waals surface area contributed by atoms with E-state index < -0.39 is 0 Å². The van der Waals surface area contributed by atoms with Crippen molar-refractivity contribution < 1.29 is 9.59 Å². The molecule has 82 valence electrons. The molecular formula is C9H19N3O2. The molecule has 0 rings (SSSR count). The molecule has 0 aromatic carbocycles. The Balaban J connectivity index is 3.76. The molecule has 0 saturated heterocycles. The van der Waals surface area contributed by atoms with Gasteiger partial charge in [-0.1, -0.05) is 0 Å². The molecule has 0 aliphatic heterocycles. The van der Waals surface area contributed by atoms with Crippen LogP contribution in [0.4, 0.5) is 0 Å². The first-order valence-corrected chi connectivity index (χ1v) is 4.64. The van der Waals surface area contributed by atoms with Crippen molar-refractivity contribution in [2.75, 3.05) is 27.2 Å². The van der Waals surface area contributed by atoms with Crippen molar-refractivity contribution in [3.63, 3.8) is 0 Å². The fraction of sp³-hybridized carbons (Fsp3) is 0.778. The van der Waals surface area contributed by atoms with E-state index in [9.17, 15) is 9.59 Å². The van der Waals surface area contributed by atoms with Gasteiger partial charge >= 0.3 is 0 Å². The number of carbonyl (C=O) groups excluding carboxylic acids is 2. The molecule has 2 amide bonds. The number of nitrogens with zero attached hydrogens (tertiary/aromatic N) is 1. The molecule has 0 bridgehead atoms. The van der Waals surface area contributed by atoms with Gasteiger partial charge in [-0.3, -0.25) is 14.5 Å². The second-order valence-corrected chi connectivity index (χ2v) is 3.57. The molecule has 0 aliphatic rings. The normalized spacial score (nSPS) is 10.4. The smallest absolute Gasteiger partial charge is 0.234 e. The molecule has 0 radical (unpaired) electrons. The van der Waals surface area contributed by atoms with Crippen LogP contribution in [0.2, 0.25) is 0 Å². The minimum atomic E-state index is -0.0927. The van der Waals surface area contributed by atoms with Crippen molar-refractivity contribution in [3.8, 4) is 0 Å². The minimum absolute atomic E-state index is 0.0635. The molecule has 0 aromatic heterocycles. The van der Waals surface area contributed by atoms with Crippen LogP contribution in [0, 0.1) is 0 Å². The Morgan fingerprint density at radius 1 is 1.21 bits per heavy atom. The number of amides is 2. The highest BCUT2D eigenvalue weighted by Gasteiger charge is 2.09. The summed E-state index contributed by atoms with van der Waals surface area (Å²) in [5, 5.41) is 5.25. The molecule has 0 unspecified atom stereocenters. The number of nitrogens with one attached hydrogen (secondary N) is 2. The van der Waals surface area contributed by atoms with Gasteiger partial charge in [-0.15, -0.1) is 0 Å². The third kappa shape index (κ3) is 6.42. The van der Waals surface area contributed by atoms with E-state index in [1.54, 1.807) is 19.0 Å². The summed E-state index contributed by atoms with van der Waals surface area (Å²) in [5.41, 5.74) is 0. The van der Waals surface area contributed by atoms with Crippen LogP contribution in [0.15, 0.2) is 0 Å². The minimum Gasteiger partial charge on any atom is -0.358 e. The Hall–Kier alpha value is -1.10. The Kier molecular flexibility index (Phi) is 5.87. The molecule has 5 nitrogen and oxygen atoms in total. The van der Waals surface area contributed by atoms with Crippen molar-refractivity contribution in [1.29, 1.82) is 0 Å². The van der Waals surface area contributed by atoms with Crippen LogP contribution in [0.5, 0.6) is 0 Å². The Labute approximate surface area is 84.8 Å². The summed E-state index contributed by atoms with van der Waals surface area (Å²) in [7, 11) is 3.31. The van der Waals surface area contributed by atoms with Gasteiger partial charge in [0.1, 0.15) is 0 Å². The molecule has 0 aliphatic carbocycles. The largest absolute Gasteiger partial charge is 0.358 e. The number of hydrogen-bond acceptors (Lipinski definition) is 3. The molecule has 2 N–H and O–H groups in total. The van der Waals surface area contributed by atoms with E-state index >= 15 is 0 Å². The zero-order valence-electron chi connectivity index (χ0n) is 9.26. The van der Waals surface area contributed by atoms with Crippen molar-refractivity contribution in [2.45, 2.75) is 19.9 Å². The van der Waals surface area contributed by atoms with Gasteiger partial charge < -0.3 is 10.6 Å². The van der Waals surface area contributed by atoms with Crippen LogP contribution >= 0.6 is 0 Å². The fourth-order valence-electron chi connectivity index (χ4n) is 0.993. The maximum Gasteiger partial charge on any atom is 0.234 e. The lowest BCUT2D eigenvalue weighted by Crippen LogP contribution is -2.41. The molecule has 5 heteroatoms. The van der Waals surface area contributed by atoms with E-state index in [0.29, 0.717) is 0 Å². The SMILES string of the molecule is CNC(=O)CN(C)CC(=O)NC(C)C. The standard InChI is InChI=1S/C9H19N3O2/c1-7(2)11-9(14)6-12(4)5-8(13)10-3/h7H,5-6H2,1-4H3,(H,10,13)(H,11,14). The van der Waals surface area contributed by atoms with E-state index in [2.05, 4.69) is 10.6 Å². The lowest BCUT2D eigenvalue weighted by molar-refractivity contribution is -0.124. The van der Waals surface area contributed by atoms with E-state index in [-0.39, 0.29) is 30.9 Å². The molecule has 0 atom stereocenters. The van der Waals surface area contributed by atoms with Gasteiger partial charge in [0, 0.05) is 13.1 Å². The first-order chi connectivity index (χ1) is 6.45. The van der Waals surface area contributed by atoms with Crippen LogP contribution in [-0.2, 0) is 9.59 Å². The van der Waals surface area contributed by atoms with Gasteiger partial charge in [0.15, 0.2) is 0 Å². The molecule has 0 spiro atoms. The predicted molar refractivity (Wildman–Crippen MR) is 54.8 cm³/mol. The molecule has 0 aromatic rings. The van der Waals surface area contributed by atoms with E-state index in [0.717, 1.165) is 0 Å². The highest BCUT2D eigenvalue weighted by Crippen LogP contribution is 1.84. The van der Waals surface area contributed by atoms with Gasteiger partial charge in [-0.2, -0.15) is 0 Å². The second kappa shape index (κ2) is 6.37. The lowest BCUT2D eigenvalue weighted by Gasteiger charge is -2.16. The van der Waals surface area contributed by atoms with Crippen LogP contribution in [0.25, 0.3) is 0 Å². The Bertz CT molecular complexity index is 204. The molecule has 0 saturated carbocycles. The fourth-order valence-corrected chi connectivity index (χ4v) is 0.993. The van der Waals surface area contributed by atoms with Gasteiger partial charge in [0.2, 0.25) is 11.8 Å². The van der Waals surface area contributed by atoms with Gasteiger partial charge in [0.05, 0.1) is 13.1 Å². The topological polar surface area (TPSA) is 61.4 Å². The maximum absolute atomic E-state index is 11.2. The summed E-state index contributed by atoms with van der Waals surface area (Å²) < 4.78 is 0. The average Bonchev–Trinajstić information content (AvgIpc) is 2.01. The first kappa shape index (κ1) is 12.9. The van der Waals surface area contributed by atoms with Crippen molar-refractivity contribution >= 4 is 11.8 Å². The predicted octanol–water partition coefficient (Wildman–Crippen LogP) is -0.811. The van der Waals surface area contributed by atoms with Crippen LogP contribution < -0.4 is 10.6 Å². The summed E-state index contributed by atoms with van der Waals surface area (Å²) in [4.78, 5) is 23.9. The summed E-state index contributed by atoms with van der Waals surface area (Å²) in [6.45, 7) is 4.28. The summed E-state index contributed by atoms with van der Waals surface area (Å²) in [5.74, 6) is -0.156. The molecular weight excluding hydrogens is 182 g/mol. The van der Waals surface area contributed by atoms with Crippen molar-refractivity contribution in [3.05, 3.63) is 0 Å². The molecule has 0 heterocycles. The average molecular weight is 201 g/mol. The van der Waals surface area contributed by atoms with Gasteiger partial charge in [-0.05, 0) is 20.9 Å². The van der Waals surface area contributed by atoms with Crippen LogP contribution in [0.3, 0.4) is 0 Å². The quantitative estimate of drug-likeness (QED) is 0.611. The van der Waals surface area contributed by atoms with Crippen molar-refractivity contribution in [2.24, 2.45) is 0 Å². The number of hydrogen-bond donors (Lipinski definition) is 2. The monoisotopic (exact) mass is 201 g/mol. The van der Waals surface area contributed by atoms with E-state index in [4.69, 9.17) is 0 Å². The Morgan fingerprint density at radius 3 is 2.14 bits per heavy atom. The first-order valence-electron chi connectivity index (χ1n) is 4.64.